The molecule has 0 fully saturated rings. The molecular weight excluding hydrogens is 395 g/mol. The molecule has 0 saturated heterocycles. The van der Waals surface area contributed by atoms with E-state index in [1.54, 1.807) is 12.1 Å². The first kappa shape index (κ1) is 22.4. The molecule has 0 radical (unpaired) electrons. The molecular formula is C25H27FN2O3. The standard InChI is InChI=1S/C25H27FN2O3/c1-3-5-6-21-22-15-19(30-4-2)11-12-20(22)23(16-27)24(21)17-7-9-18(10-8-17)28-25(29)31-14-13-26/h7-12,15,21H,3-6,13-14H2,1-2H3,(H,28,29). The topological polar surface area (TPSA) is 71.3 Å². The minimum absolute atomic E-state index is 0.110. The highest BCUT2D eigenvalue weighted by Crippen LogP contribution is 2.50. The van der Waals surface area contributed by atoms with Gasteiger partial charge in [0, 0.05) is 11.6 Å². The van der Waals surface area contributed by atoms with Crippen LogP contribution in [-0.2, 0) is 4.74 Å². The first-order valence-corrected chi connectivity index (χ1v) is 10.6. The Labute approximate surface area is 182 Å². The summed E-state index contributed by atoms with van der Waals surface area (Å²) in [5, 5.41) is 12.6. The highest BCUT2D eigenvalue weighted by atomic mass is 19.1. The number of alkyl halides is 1. The van der Waals surface area contributed by atoms with Crippen LogP contribution in [0.3, 0.4) is 0 Å². The van der Waals surface area contributed by atoms with E-state index in [0.29, 0.717) is 17.9 Å². The predicted octanol–water partition coefficient (Wildman–Crippen LogP) is 6.33. The third-order valence-corrected chi connectivity index (χ3v) is 5.31. The van der Waals surface area contributed by atoms with Gasteiger partial charge in [0.05, 0.1) is 12.2 Å². The molecule has 0 bridgehead atoms. The molecule has 3 rings (SSSR count). The average molecular weight is 423 g/mol. The Bertz CT molecular complexity index is 993. The average Bonchev–Trinajstić information content (AvgIpc) is 3.09. The van der Waals surface area contributed by atoms with Gasteiger partial charge in [-0.05, 0) is 65.9 Å². The van der Waals surface area contributed by atoms with E-state index in [2.05, 4.69) is 24.4 Å². The van der Waals surface area contributed by atoms with Crippen LogP contribution in [0.5, 0.6) is 5.75 Å². The monoisotopic (exact) mass is 422 g/mol. The van der Waals surface area contributed by atoms with Gasteiger partial charge in [-0.1, -0.05) is 31.9 Å². The third-order valence-electron chi connectivity index (χ3n) is 5.31. The van der Waals surface area contributed by atoms with Crippen LogP contribution < -0.4 is 10.1 Å². The van der Waals surface area contributed by atoms with Crippen LogP contribution in [0.1, 0.15) is 55.7 Å². The zero-order chi connectivity index (χ0) is 22.2. The Balaban J connectivity index is 1.93. The second-order valence-electron chi connectivity index (χ2n) is 7.30. The van der Waals surface area contributed by atoms with Crippen molar-refractivity contribution >= 4 is 22.9 Å². The van der Waals surface area contributed by atoms with Gasteiger partial charge in [-0.25, -0.2) is 9.18 Å². The van der Waals surface area contributed by atoms with Crippen LogP contribution in [0.15, 0.2) is 42.5 Å². The molecule has 2 aromatic rings. The van der Waals surface area contributed by atoms with Crippen molar-refractivity contribution in [1.29, 1.82) is 5.26 Å². The number of carbonyl (C=O) groups is 1. The Morgan fingerprint density at radius 2 is 1.97 bits per heavy atom. The van der Waals surface area contributed by atoms with Gasteiger partial charge in [0.15, 0.2) is 0 Å². The zero-order valence-electron chi connectivity index (χ0n) is 17.9. The van der Waals surface area contributed by atoms with Crippen LogP contribution in [0, 0.1) is 11.3 Å². The number of hydrogen-bond acceptors (Lipinski definition) is 4. The summed E-state index contributed by atoms with van der Waals surface area (Å²) in [7, 11) is 0. The van der Waals surface area contributed by atoms with Crippen molar-refractivity contribution in [1.82, 2.24) is 0 Å². The fourth-order valence-electron chi connectivity index (χ4n) is 3.98. The van der Waals surface area contributed by atoms with Crippen molar-refractivity contribution in [3.05, 3.63) is 59.2 Å². The molecule has 0 aliphatic heterocycles. The van der Waals surface area contributed by atoms with E-state index < -0.39 is 12.8 Å². The van der Waals surface area contributed by atoms with Crippen molar-refractivity contribution in [3.63, 3.8) is 0 Å². The SMILES string of the molecule is CCCCC1C(c2ccc(NC(=O)OCCF)cc2)=C(C#N)c2ccc(OCC)cc21. The van der Waals surface area contributed by atoms with Crippen LogP contribution in [0.4, 0.5) is 14.9 Å². The molecule has 1 N–H and O–H groups in total. The second kappa shape index (κ2) is 10.6. The largest absolute Gasteiger partial charge is 0.494 e. The number of anilines is 1. The number of unbranched alkanes of at least 4 members (excludes halogenated alkanes) is 1. The number of fused-ring (bicyclic) bond motifs is 1. The van der Waals surface area contributed by atoms with Crippen molar-refractivity contribution in [2.24, 2.45) is 0 Å². The fraction of sp³-hybridized carbons (Fsp3) is 0.360. The summed E-state index contributed by atoms with van der Waals surface area (Å²) in [6, 6.07) is 15.7. The summed E-state index contributed by atoms with van der Waals surface area (Å²) >= 11 is 0. The number of ether oxygens (including phenoxy) is 2. The minimum Gasteiger partial charge on any atom is -0.494 e. The van der Waals surface area contributed by atoms with Gasteiger partial charge in [0.1, 0.15) is 25.1 Å². The number of hydrogen-bond donors (Lipinski definition) is 1. The van der Waals surface area contributed by atoms with Gasteiger partial charge < -0.3 is 9.47 Å². The second-order valence-corrected chi connectivity index (χ2v) is 7.30. The van der Waals surface area contributed by atoms with Crippen LogP contribution in [0.25, 0.3) is 11.1 Å². The number of benzene rings is 2. The Kier molecular flexibility index (Phi) is 7.66. The maximum Gasteiger partial charge on any atom is 0.411 e. The maximum atomic E-state index is 12.1. The molecule has 2 aromatic carbocycles. The number of carbonyl (C=O) groups excluding carboxylic acids is 1. The number of nitrogens with one attached hydrogen (secondary N) is 1. The molecule has 0 heterocycles. The molecule has 31 heavy (non-hydrogen) atoms. The van der Waals surface area contributed by atoms with Crippen LogP contribution >= 0.6 is 0 Å². The summed E-state index contributed by atoms with van der Waals surface area (Å²) in [6.07, 6.45) is 2.36. The lowest BCUT2D eigenvalue weighted by atomic mass is 9.86. The summed E-state index contributed by atoms with van der Waals surface area (Å²) in [4.78, 5) is 11.7. The van der Waals surface area contributed by atoms with Crippen LogP contribution in [-0.4, -0.2) is 26.0 Å². The normalized spacial score (nSPS) is 14.7. The van der Waals surface area contributed by atoms with Gasteiger partial charge in [-0.3, -0.25) is 5.32 Å². The first-order chi connectivity index (χ1) is 15.1. The minimum atomic E-state index is -0.720. The molecule has 1 aliphatic rings. The predicted molar refractivity (Wildman–Crippen MR) is 120 cm³/mol. The molecule has 0 saturated carbocycles. The lowest BCUT2D eigenvalue weighted by Crippen LogP contribution is -2.14. The number of halogens is 1. The Morgan fingerprint density at radius 3 is 2.61 bits per heavy atom. The van der Waals surface area contributed by atoms with Crippen molar-refractivity contribution < 1.29 is 18.7 Å². The first-order valence-electron chi connectivity index (χ1n) is 10.6. The molecule has 6 heteroatoms. The Morgan fingerprint density at radius 1 is 1.19 bits per heavy atom. The molecule has 1 atom stereocenters. The molecule has 5 nitrogen and oxygen atoms in total. The Hall–Kier alpha value is -3.33. The van der Waals surface area contributed by atoms with E-state index in [1.165, 1.54) is 0 Å². The molecule has 0 aromatic heterocycles. The summed E-state index contributed by atoms with van der Waals surface area (Å²) in [6.45, 7) is 3.70. The van der Waals surface area contributed by atoms with Gasteiger partial charge >= 0.3 is 6.09 Å². The highest BCUT2D eigenvalue weighted by Gasteiger charge is 2.32. The smallest absolute Gasteiger partial charge is 0.411 e. The van der Waals surface area contributed by atoms with E-state index >= 15 is 0 Å². The van der Waals surface area contributed by atoms with Crippen molar-refractivity contribution in [2.45, 2.75) is 39.0 Å². The van der Waals surface area contributed by atoms with E-state index in [4.69, 9.17) is 9.47 Å². The molecule has 0 spiro atoms. The summed E-state index contributed by atoms with van der Waals surface area (Å²) in [5.74, 6) is 0.922. The van der Waals surface area contributed by atoms with Gasteiger partial charge in [0.25, 0.3) is 0 Å². The van der Waals surface area contributed by atoms with E-state index in [0.717, 1.165) is 47.3 Å². The lowest BCUT2D eigenvalue weighted by molar-refractivity contribution is 0.152. The van der Waals surface area contributed by atoms with Gasteiger partial charge in [-0.15, -0.1) is 0 Å². The van der Waals surface area contributed by atoms with E-state index in [1.807, 2.05) is 31.2 Å². The van der Waals surface area contributed by atoms with E-state index in [-0.39, 0.29) is 12.5 Å². The summed E-state index contributed by atoms with van der Waals surface area (Å²) < 4.78 is 22.6. The quantitative estimate of drug-likeness (QED) is 0.513. The maximum absolute atomic E-state index is 12.1. The van der Waals surface area contributed by atoms with Crippen molar-refractivity contribution in [2.75, 3.05) is 25.2 Å². The van der Waals surface area contributed by atoms with Crippen LogP contribution in [0.2, 0.25) is 0 Å². The highest BCUT2D eigenvalue weighted by molar-refractivity contribution is 6.05. The fourth-order valence-corrected chi connectivity index (χ4v) is 3.98. The number of nitrogens with zero attached hydrogens (tertiary/aromatic N) is 1. The number of rotatable bonds is 9. The zero-order valence-corrected chi connectivity index (χ0v) is 17.9. The van der Waals surface area contributed by atoms with Gasteiger partial charge in [0.2, 0.25) is 0 Å². The molecule has 1 unspecified atom stereocenters. The molecule has 162 valence electrons. The molecule has 1 aliphatic carbocycles. The lowest BCUT2D eigenvalue weighted by Gasteiger charge is -2.18. The van der Waals surface area contributed by atoms with E-state index in [9.17, 15) is 14.4 Å². The van der Waals surface area contributed by atoms with Crippen molar-refractivity contribution in [3.8, 4) is 11.8 Å². The third kappa shape index (κ3) is 5.05. The number of amides is 1. The number of nitriles is 1. The number of allylic oxidation sites excluding steroid dienone is 2. The molecule has 1 amide bonds. The summed E-state index contributed by atoms with van der Waals surface area (Å²) in [5.41, 5.74) is 5.26. The van der Waals surface area contributed by atoms with Gasteiger partial charge in [-0.2, -0.15) is 5.26 Å².